The zero-order valence-electron chi connectivity index (χ0n) is 13.1. The van der Waals surface area contributed by atoms with Crippen LogP contribution in [0, 0.1) is 0 Å². The molecule has 2 aromatic heterocycles. The summed E-state index contributed by atoms with van der Waals surface area (Å²) in [6, 6.07) is 10.1. The van der Waals surface area contributed by atoms with Crippen LogP contribution in [0.3, 0.4) is 0 Å². The molecule has 2 N–H and O–H groups in total. The molecule has 2 heterocycles. The molecule has 0 unspecified atom stereocenters. The number of aliphatic carboxylic acids is 2. The van der Waals surface area contributed by atoms with Crippen LogP contribution < -0.4 is 0 Å². The number of fused-ring (bicyclic) bond motifs is 1. The summed E-state index contributed by atoms with van der Waals surface area (Å²) in [5, 5.41) is 16.8. The van der Waals surface area contributed by atoms with E-state index in [1.165, 1.54) is 0 Å². The molecule has 1 aromatic carbocycles. The maximum absolute atomic E-state index is 9.55. The van der Waals surface area contributed by atoms with Gasteiger partial charge in [0.05, 0.1) is 6.33 Å². The number of carbonyl (C=O) groups is 2. The Morgan fingerprint density at radius 1 is 1.16 bits per heavy atom. The van der Waals surface area contributed by atoms with Crippen LogP contribution in [0.4, 0.5) is 0 Å². The van der Waals surface area contributed by atoms with E-state index in [1.54, 1.807) is 12.5 Å². The number of furan rings is 1. The third-order valence-corrected chi connectivity index (χ3v) is 2.97. The molecular weight excluding hydrogens is 324 g/mol. The molecule has 0 fully saturated rings. The first-order valence-electron chi connectivity index (χ1n) is 7.29. The van der Waals surface area contributed by atoms with Gasteiger partial charge in [-0.1, -0.05) is 24.3 Å². The molecule has 0 amide bonds. The molecule has 25 heavy (non-hydrogen) atoms. The van der Waals surface area contributed by atoms with E-state index in [0.717, 1.165) is 23.3 Å². The van der Waals surface area contributed by atoms with Gasteiger partial charge in [0.1, 0.15) is 11.3 Å². The summed E-state index contributed by atoms with van der Waals surface area (Å²) in [4.78, 5) is 23.1. The van der Waals surface area contributed by atoms with Gasteiger partial charge < -0.3 is 19.2 Å². The number of carboxylic acid groups (broad SMARTS) is 2. The maximum Gasteiger partial charge on any atom is 0.328 e. The van der Waals surface area contributed by atoms with E-state index >= 15 is 0 Å². The average molecular weight is 340 g/mol. The zero-order chi connectivity index (χ0) is 18.1. The molecule has 128 valence electrons. The first-order chi connectivity index (χ1) is 12.0. The lowest BCUT2D eigenvalue weighted by atomic mass is 10.2. The minimum absolute atomic E-state index is 0.558. The van der Waals surface area contributed by atoms with E-state index in [2.05, 4.69) is 11.1 Å². The van der Waals surface area contributed by atoms with Crippen LogP contribution in [0.25, 0.3) is 17.0 Å². The summed E-state index contributed by atoms with van der Waals surface area (Å²) in [6.45, 7) is 0.803. The molecule has 0 radical (unpaired) electrons. The quantitative estimate of drug-likeness (QED) is 0.692. The van der Waals surface area contributed by atoms with E-state index in [1.807, 2.05) is 47.2 Å². The van der Waals surface area contributed by atoms with Crippen LogP contribution in [-0.4, -0.2) is 31.7 Å². The zero-order valence-corrected chi connectivity index (χ0v) is 13.1. The molecule has 0 spiro atoms. The number of hydrogen-bond donors (Lipinski definition) is 2. The van der Waals surface area contributed by atoms with Crippen LogP contribution >= 0.6 is 0 Å². The van der Waals surface area contributed by atoms with Crippen molar-refractivity contribution in [3.05, 3.63) is 73.0 Å². The van der Waals surface area contributed by atoms with Crippen molar-refractivity contribution in [1.82, 2.24) is 9.55 Å². The predicted molar refractivity (Wildman–Crippen MR) is 91.9 cm³/mol. The van der Waals surface area contributed by atoms with Crippen LogP contribution in [0.1, 0.15) is 5.76 Å². The highest BCUT2D eigenvalue weighted by molar-refractivity contribution is 5.89. The number of carboxylic acids is 2. The number of allylic oxidation sites excluding steroid dienone is 1. The number of benzene rings is 1. The van der Waals surface area contributed by atoms with E-state index in [-0.39, 0.29) is 0 Å². The second kappa shape index (κ2) is 8.88. The van der Waals surface area contributed by atoms with Gasteiger partial charge in [0.15, 0.2) is 0 Å². The Balaban J connectivity index is 0.000000242. The van der Waals surface area contributed by atoms with Gasteiger partial charge in [0, 0.05) is 36.5 Å². The number of rotatable bonds is 5. The minimum Gasteiger partial charge on any atom is -0.478 e. The standard InChI is InChI=1S/C14H12N2O.C4H4O4/c1-2-6-14-12(4-1)10-13(17-14)5-3-8-16-9-7-15-11-16;5-3(6)1-2-4(7)8/h1-7,9-11H,8H2;1-2H,(H,5,6)(H,7,8). The Hall–Kier alpha value is -3.61. The van der Waals surface area contributed by atoms with Gasteiger partial charge in [0.2, 0.25) is 0 Å². The summed E-state index contributed by atoms with van der Waals surface area (Å²) >= 11 is 0. The fraction of sp³-hybridized carbons (Fsp3) is 0.0556. The van der Waals surface area contributed by atoms with Crippen molar-refractivity contribution in [2.75, 3.05) is 0 Å². The van der Waals surface area contributed by atoms with Gasteiger partial charge in [-0.2, -0.15) is 0 Å². The smallest absolute Gasteiger partial charge is 0.328 e. The fourth-order valence-corrected chi connectivity index (χ4v) is 1.91. The summed E-state index contributed by atoms with van der Waals surface area (Å²) in [7, 11) is 0. The highest BCUT2D eigenvalue weighted by Gasteiger charge is 1.98. The fourth-order valence-electron chi connectivity index (χ4n) is 1.91. The van der Waals surface area contributed by atoms with Gasteiger partial charge in [-0.25, -0.2) is 14.6 Å². The van der Waals surface area contributed by atoms with Gasteiger partial charge in [-0.3, -0.25) is 0 Å². The third-order valence-electron chi connectivity index (χ3n) is 2.97. The highest BCUT2D eigenvalue weighted by Crippen LogP contribution is 2.19. The van der Waals surface area contributed by atoms with Crippen molar-refractivity contribution >= 4 is 29.0 Å². The van der Waals surface area contributed by atoms with Crippen molar-refractivity contribution < 1.29 is 24.2 Å². The molecule has 7 heteroatoms. The van der Waals surface area contributed by atoms with Crippen molar-refractivity contribution in [1.29, 1.82) is 0 Å². The molecule has 0 aliphatic heterocycles. The molecular formula is C18H16N2O5. The maximum atomic E-state index is 9.55. The summed E-state index contributed by atoms with van der Waals surface area (Å²) in [6.07, 6.45) is 10.7. The number of nitrogens with zero attached hydrogens (tertiary/aromatic N) is 2. The Morgan fingerprint density at radius 3 is 2.48 bits per heavy atom. The molecule has 0 aliphatic carbocycles. The summed E-state index contributed by atoms with van der Waals surface area (Å²) in [5.74, 6) is -1.63. The van der Waals surface area contributed by atoms with Gasteiger partial charge in [-0.05, 0) is 18.2 Å². The summed E-state index contributed by atoms with van der Waals surface area (Å²) < 4.78 is 7.67. The van der Waals surface area contributed by atoms with Gasteiger partial charge in [0.25, 0.3) is 0 Å². The predicted octanol–water partition coefficient (Wildman–Crippen LogP) is 3.05. The lowest BCUT2D eigenvalue weighted by Crippen LogP contribution is -1.91. The Labute approximate surface area is 143 Å². The van der Waals surface area contributed by atoms with Gasteiger partial charge in [-0.15, -0.1) is 0 Å². The minimum atomic E-state index is -1.26. The van der Waals surface area contributed by atoms with Crippen LogP contribution in [-0.2, 0) is 16.1 Å². The van der Waals surface area contributed by atoms with Gasteiger partial charge >= 0.3 is 11.9 Å². The van der Waals surface area contributed by atoms with E-state index in [9.17, 15) is 9.59 Å². The van der Waals surface area contributed by atoms with Crippen molar-refractivity contribution in [2.24, 2.45) is 0 Å². The Kier molecular flexibility index (Phi) is 6.30. The first-order valence-corrected chi connectivity index (χ1v) is 7.29. The molecule has 0 saturated carbocycles. The number of hydrogen-bond acceptors (Lipinski definition) is 4. The second-order valence-electron chi connectivity index (χ2n) is 4.86. The largest absolute Gasteiger partial charge is 0.478 e. The summed E-state index contributed by atoms with van der Waals surface area (Å²) in [5.41, 5.74) is 0.926. The Morgan fingerprint density at radius 2 is 1.88 bits per heavy atom. The van der Waals surface area contributed by atoms with E-state index in [4.69, 9.17) is 14.6 Å². The molecule has 0 saturated heterocycles. The SMILES string of the molecule is C(=Cc1cc2ccccc2o1)Cn1ccnc1.O=C(O)C=CC(=O)O. The third kappa shape index (κ3) is 6.19. The number of aromatic nitrogens is 2. The number of imidazole rings is 1. The highest BCUT2D eigenvalue weighted by atomic mass is 16.4. The molecule has 7 nitrogen and oxygen atoms in total. The topological polar surface area (TPSA) is 106 Å². The van der Waals surface area contributed by atoms with Crippen LogP contribution in [0.15, 0.2) is 71.7 Å². The normalized spacial score (nSPS) is 10.9. The molecule has 0 aliphatic rings. The van der Waals surface area contributed by atoms with Crippen molar-refractivity contribution in [3.8, 4) is 0 Å². The van der Waals surface area contributed by atoms with Crippen molar-refractivity contribution in [3.63, 3.8) is 0 Å². The number of para-hydroxylation sites is 1. The average Bonchev–Trinajstić information content (AvgIpc) is 3.22. The first kappa shape index (κ1) is 17.7. The van der Waals surface area contributed by atoms with Crippen LogP contribution in [0.5, 0.6) is 0 Å². The molecule has 3 aromatic rings. The second-order valence-corrected chi connectivity index (χ2v) is 4.86. The monoisotopic (exact) mass is 340 g/mol. The Bertz CT molecular complexity index is 842. The van der Waals surface area contributed by atoms with Crippen LogP contribution in [0.2, 0.25) is 0 Å². The molecule has 0 bridgehead atoms. The van der Waals surface area contributed by atoms with E-state index in [0.29, 0.717) is 12.2 Å². The molecule has 3 rings (SSSR count). The molecule has 0 atom stereocenters. The lowest BCUT2D eigenvalue weighted by molar-refractivity contribution is -0.134. The van der Waals surface area contributed by atoms with E-state index < -0.39 is 11.9 Å². The lowest BCUT2D eigenvalue weighted by Gasteiger charge is -1.92. The van der Waals surface area contributed by atoms with Crippen molar-refractivity contribution in [2.45, 2.75) is 6.54 Å².